The van der Waals surface area contributed by atoms with Crippen molar-refractivity contribution in [1.29, 1.82) is 0 Å². The molecule has 2 nitrogen and oxygen atoms in total. The molecule has 0 heterocycles. The Labute approximate surface area is 117 Å². The monoisotopic (exact) mass is 272 g/mol. The Morgan fingerprint density at radius 3 is 2.47 bits per heavy atom. The maximum absolute atomic E-state index is 10.6. The summed E-state index contributed by atoms with van der Waals surface area (Å²) >= 11 is 1.76. The highest BCUT2D eigenvalue weighted by Gasteiger charge is 2.01. The molecule has 0 saturated heterocycles. The van der Waals surface area contributed by atoms with Gasteiger partial charge >= 0.3 is 5.97 Å². The molecule has 0 spiro atoms. The fourth-order valence-corrected chi connectivity index (χ4v) is 2.69. The second kappa shape index (κ2) is 6.43. The molecule has 0 atom stereocenters. The number of carboxylic acid groups (broad SMARTS) is 1. The number of hydrogen-bond acceptors (Lipinski definition) is 2. The lowest BCUT2D eigenvalue weighted by Gasteiger charge is -2.04. The number of aliphatic carboxylic acids is 1. The summed E-state index contributed by atoms with van der Waals surface area (Å²) in [5.74, 6) is 0.139. The van der Waals surface area contributed by atoms with Crippen LogP contribution in [0.1, 0.15) is 16.7 Å². The lowest BCUT2D eigenvalue weighted by molar-refractivity contribution is -0.136. The highest BCUT2D eigenvalue weighted by atomic mass is 32.2. The van der Waals surface area contributed by atoms with Crippen LogP contribution in [0.15, 0.2) is 53.4 Å². The maximum Gasteiger partial charge on any atom is 0.307 e. The van der Waals surface area contributed by atoms with Gasteiger partial charge in [0.1, 0.15) is 0 Å². The zero-order chi connectivity index (χ0) is 13.7. The van der Waals surface area contributed by atoms with Gasteiger partial charge in [-0.05, 0) is 30.2 Å². The molecular formula is C16H16O2S. The average molecular weight is 272 g/mol. The van der Waals surface area contributed by atoms with Gasteiger partial charge in [-0.25, -0.2) is 0 Å². The van der Waals surface area contributed by atoms with Crippen molar-refractivity contribution in [3.05, 3.63) is 65.2 Å². The van der Waals surface area contributed by atoms with Gasteiger partial charge < -0.3 is 5.11 Å². The Kier molecular flexibility index (Phi) is 4.63. The van der Waals surface area contributed by atoms with E-state index < -0.39 is 5.97 Å². The van der Waals surface area contributed by atoms with Gasteiger partial charge in [-0.3, -0.25) is 4.79 Å². The number of benzene rings is 2. The van der Waals surface area contributed by atoms with E-state index in [1.165, 1.54) is 11.1 Å². The third-order valence-corrected chi connectivity index (χ3v) is 3.85. The Morgan fingerprint density at radius 2 is 1.84 bits per heavy atom. The summed E-state index contributed by atoms with van der Waals surface area (Å²) in [7, 11) is 0. The second-order valence-corrected chi connectivity index (χ2v) is 5.54. The Morgan fingerprint density at radius 1 is 1.11 bits per heavy atom. The van der Waals surface area contributed by atoms with Crippen LogP contribution in [0.3, 0.4) is 0 Å². The first-order valence-corrected chi connectivity index (χ1v) is 7.11. The van der Waals surface area contributed by atoms with Gasteiger partial charge in [0.2, 0.25) is 0 Å². The molecule has 0 aliphatic carbocycles. The zero-order valence-electron chi connectivity index (χ0n) is 10.8. The minimum atomic E-state index is -0.792. The molecule has 98 valence electrons. The van der Waals surface area contributed by atoms with Crippen LogP contribution in [0, 0.1) is 6.92 Å². The van der Waals surface area contributed by atoms with Gasteiger partial charge in [-0.15, -0.1) is 11.8 Å². The van der Waals surface area contributed by atoms with E-state index in [-0.39, 0.29) is 6.42 Å². The number of carbonyl (C=O) groups is 1. The van der Waals surface area contributed by atoms with Gasteiger partial charge in [0.05, 0.1) is 6.42 Å². The molecule has 2 rings (SSSR count). The summed E-state index contributed by atoms with van der Waals surface area (Å²) in [6, 6.07) is 16.2. The summed E-state index contributed by atoms with van der Waals surface area (Å²) in [4.78, 5) is 11.8. The Bertz CT molecular complexity index is 561. The highest BCUT2D eigenvalue weighted by Crippen LogP contribution is 2.23. The molecule has 3 heteroatoms. The zero-order valence-corrected chi connectivity index (χ0v) is 11.6. The predicted octanol–water partition coefficient (Wildman–Crippen LogP) is 3.91. The van der Waals surface area contributed by atoms with Gasteiger partial charge in [0, 0.05) is 10.6 Å². The van der Waals surface area contributed by atoms with E-state index in [1.54, 1.807) is 11.8 Å². The second-order valence-electron chi connectivity index (χ2n) is 4.49. The van der Waals surface area contributed by atoms with E-state index in [2.05, 4.69) is 31.2 Å². The van der Waals surface area contributed by atoms with Crippen molar-refractivity contribution < 1.29 is 9.90 Å². The van der Waals surface area contributed by atoms with Gasteiger partial charge in [0.15, 0.2) is 0 Å². The standard InChI is InChI=1S/C16H16O2S/c1-12-3-2-4-14(9-12)11-19-15-7-5-13(6-8-15)10-16(17)18/h2-9H,10-11H2,1H3,(H,17,18). The maximum atomic E-state index is 10.6. The minimum Gasteiger partial charge on any atom is -0.481 e. The lowest BCUT2D eigenvalue weighted by atomic mass is 10.2. The average Bonchev–Trinajstić information content (AvgIpc) is 2.37. The summed E-state index contributed by atoms with van der Waals surface area (Å²) < 4.78 is 0. The summed E-state index contributed by atoms with van der Waals surface area (Å²) in [6.07, 6.45) is 0.0861. The van der Waals surface area contributed by atoms with Crippen molar-refractivity contribution in [2.45, 2.75) is 24.0 Å². The van der Waals surface area contributed by atoms with E-state index in [0.717, 1.165) is 16.2 Å². The first-order valence-electron chi connectivity index (χ1n) is 6.12. The molecule has 2 aromatic rings. The number of carboxylic acids is 1. The minimum absolute atomic E-state index is 0.0861. The number of hydrogen-bond donors (Lipinski definition) is 1. The quantitative estimate of drug-likeness (QED) is 0.838. The van der Waals surface area contributed by atoms with Crippen LogP contribution in [0.2, 0.25) is 0 Å². The Balaban J connectivity index is 1.94. The molecule has 0 unspecified atom stereocenters. The third kappa shape index (κ3) is 4.45. The van der Waals surface area contributed by atoms with Crippen molar-refractivity contribution in [3.8, 4) is 0 Å². The fourth-order valence-electron chi connectivity index (χ4n) is 1.85. The fraction of sp³-hybridized carbons (Fsp3) is 0.188. The summed E-state index contributed by atoms with van der Waals surface area (Å²) in [5.41, 5.74) is 3.42. The van der Waals surface area contributed by atoms with Crippen LogP contribution in [0.4, 0.5) is 0 Å². The topological polar surface area (TPSA) is 37.3 Å². The van der Waals surface area contributed by atoms with Crippen molar-refractivity contribution in [3.63, 3.8) is 0 Å². The molecule has 1 N–H and O–H groups in total. The van der Waals surface area contributed by atoms with Gasteiger partial charge in [0.25, 0.3) is 0 Å². The molecule has 0 aromatic heterocycles. The SMILES string of the molecule is Cc1cccc(CSc2ccc(CC(=O)O)cc2)c1. The number of aryl methyl sites for hydroxylation is 1. The van der Waals surface area contributed by atoms with Crippen LogP contribution in [0.5, 0.6) is 0 Å². The van der Waals surface area contributed by atoms with Crippen LogP contribution in [-0.2, 0) is 17.0 Å². The first-order chi connectivity index (χ1) is 9.13. The molecule has 0 amide bonds. The van der Waals surface area contributed by atoms with Crippen molar-refractivity contribution in [2.75, 3.05) is 0 Å². The number of thioether (sulfide) groups is 1. The molecule has 0 aliphatic rings. The van der Waals surface area contributed by atoms with Gasteiger partial charge in [-0.1, -0.05) is 42.0 Å². The normalized spacial score (nSPS) is 10.4. The van der Waals surface area contributed by atoms with Crippen molar-refractivity contribution in [1.82, 2.24) is 0 Å². The van der Waals surface area contributed by atoms with Crippen LogP contribution in [0.25, 0.3) is 0 Å². The smallest absolute Gasteiger partial charge is 0.307 e. The molecule has 0 aliphatic heterocycles. The van der Waals surface area contributed by atoms with E-state index >= 15 is 0 Å². The molecule has 0 bridgehead atoms. The molecule has 0 saturated carbocycles. The van der Waals surface area contributed by atoms with E-state index in [9.17, 15) is 4.79 Å². The van der Waals surface area contributed by atoms with E-state index in [1.807, 2.05) is 24.3 Å². The summed E-state index contributed by atoms with van der Waals surface area (Å²) in [6.45, 7) is 2.09. The van der Waals surface area contributed by atoms with Crippen LogP contribution >= 0.6 is 11.8 Å². The van der Waals surface area contributed by atoms with Crippen molar-refractivity contribution >= 4 is 17.7 Å². The highest BCUT2D eigenvalue weighted by molar-refractivity contribution is 7.98. The lowest BCUT2D eigenvalue weighted by Crippen LogP contribution is -1.99. The number of rotatable bonds is 5. The Hall–Kier alpha value is -1.74. The van der Waals surface area contributed by atoms with Crippen LogP contribution < -0.4 is 0 Å². The molecule has 0 fully saturated rings. The summed E-state index contributed by atoms with van der Waals surface area (Å²) in [5, 5.41) is 8.71. The first kappa shape index (κ1) is 13.7. The van der Waals surface area contributed by atoms with E-state index in [4.69, 9.17) is 5.11 Å². The van der Waals surface area contributed by atoms with E-state index in [0.29, 0.717) is 0 Å². The van der Waals surface area contributed by atoms with Crippen molar-refractivity contribution in [2.24, 2.45) is 0 Å². The largest absolute Gasteiger partial charge is 0.481 e. The van der Waals surface area contributed by atoms with Crippen LogP contribution in [-0.4, -0.2) is 11.1 Å². The molecular weight excluding hydrogens is 256 g/mol. The van der Waals surface area contributed by atoms with Gasteiger partial charge in [-0.2, -0.15) is 0 Å². The molecule has 2 aromatic carbocycles. The third-order valence-electron chi connectivity index (χ3n) is 2.77. The molecule has 0 radical (unpaired) electrons. The molecule has 19 heavy (non-hydrogen) atoms. The predicted molar refractivity (Wildman–Crippen MR) is 78.5 cm³/mol.